The van der Waals surface area contributed by atoms with Gasteiger partial charge in [-0.3, -0.25) is 9.59 Å². The Bertz CT molecular complexity index is 911. The highest BCUT2D eigenvalue weighted by atomic mass is 16.5. The van der Waals surface area contributed by atoms with E-state index in [2.05, 4.69) is 4.98 Å². The van der Waals surface area contributed by atoms with Crippen molar-refractivity contribution in [2.75, 3.05) is 7.11 Å². The predicted molar refractivity (Wildman–Crippen MR) is 99.5 cm³/mol. The number of hydrogen-bond donors (Lipinski definition) is 1. The van der Waals surface area contributed by atoms with Gasteiger partial charge in [-0.2, -0.15) is 0 Å². The number of ether oxygens (including phenoxy) is 2. The van der Waals surface area contributed by atoms with E-state index < -0.39 is 6.10 Å². The summed E-state index contributed by atoms with van der Waals surface area (Å²) in [7, 11) is 1.61. The number of aryl methyl sites for hydroxylation is 1. The van der Waals surface area contributed by atoms with Gasteiger partial charge in [0.15, 0.2) is 6.10 Å². The van der Waals surface area contributed by atoms with Gasteiger partial charge in [0.1, 0.15) is 5.75 Å². The first-order valence-electron chi connectivity index (χ1n) is 8.51. The molecule has 26 heavy (non-hydrogen) atoms. The normalized spacial score (nSPS) is 11.9. The molecule has 1 heterocycles. The van der Waals surface area contributed by atoms with E-state index in [9.17, 15) is 9.59 Å². The third-order valence-corrected chi connectivity index (χ3v) is 4.31. The molecule has 0 amide bonds. The summed E-state index contributed by atoms with van der Waals surface area (Å²) in [4.78, 5) is 27.7. The summed E-state index contributed by atoms with van der Waals surface area (Å²) in [6.07, 6.45) is 1.61. The quantitative estimate of drug-likeness (QED) is 0.517. The molecule has 3 aromatic rings. The van der Waals surface area contributed by atoms with Crippen LogP contribution in [0.1, 0.15) is 29.3 Å². The number of Topliss-reactive ketones (excluding diaryl/α,β-unsaturated/α-hetero) is 1. The molecule has 0 saturated heterocycles. The molecule has 134 valence electrons. The first-order valence-corrected chi connectivity index (χ1v) is 8.51. The van der Waals surface area contributed by atoms with Crippen LogP contribution in [0.5, 0.6) is 5.75 Å². The van der Waals surface area contributed by atoms with Crippen LogP contribution in [0.4, 0.5) is 0 Å². The number of ketones is 1. The Morgan fingerprint density at radius 3 is 2.54 bits per heavy atom. The lowest BCUT2D eigenvalue weighted by molar-refractivity contribution is -0.146. The summed E-state index contributed by atoms with van der Waals surface area (Å²) >= 11 is 0. The van der Waals surface area contributed by atoms with Crippen LogP contribution in [-0.2, 0) is 16.0 Å². The van der Waals surface area contributed by atoms with Gasteiger partial charge in [-0.05, 0) is 37.1 Å². The van der Waals surface area contributed by atoms with E-state index in [4.69, 9.17) is 9.47 Å². The molecule has 0 saturated carbocycles. The average molecular weight is 351 g/mol. The number of nitrogens with one attached hydrogen (secondary N) is 1. The lowest BCUT2D eigenvalue weighted by atomic mass is 10.1. The number of aromatic amines is 1. The monoisotopic (exact) mass is 351 g/mol. The van der Waals surface area contributed by atoms with Crippen LogP contribution in [0.3, 0.4) is 0 Å². The number of aromatic nitrogens is 1. The highest BCUT2D eigenvalue weighted by molar-refractivity contribution is 6.10. The number of hydrogen-bond acceptors (Lipinski definition) is 4. The van der Waals surface area contributed by atoms with Crippen molar-refractivity contribution in [2.24, 2.45) is 0 Å². The van der Waals surface area contributed by atoms with Crippen LogP contribution in [0.15, 0.2) is 54.7 Å². The summed E-state index contributed by atoms with van der Waals surface area (Å²) < 4.78 is 10.4. The Morgan fingerprint density at radius 2 is 1.81 bits per heavy atom. The Kier molecular flexibility index (Phi) is 5.37. The standard InChI is InChI=1S/C21H21NO4/c1-14(21(24)18-13-22-19-6-4-3-5-17(18)19)26-20(23)12-9-15-7-10-16(25-2)11-8-15/h3-8,10-11,13-14,22H,9,12H2,1-2H3/t14-/m0/s1. The van der Waals surface area contributed by atoms with Crippen molar-refractivity contribution in [1.82, 2.24) is 4.98 Å². The molecule has 0 radical (unpaired) electrons. The lowest BCUT2D eigenvalue weighted by Gasteiger charge is -2.12. The van der Waals surface area contributed by atoms with E-state index in [1.165, 1.54) is 0 Å². The molecule has 0 aliphatic rings. The van der Waals surface area contributed by atoms with Crippen molar-refractivity contribution >= 4 is 22.7 Å². The Morgan fingerprint density at radius 1 is 1.08 bits per heavy atom. The van der Waals surface area contributed by atoms with E-state index in [-0.39, 0.29) is 18.2 Å². The van der Waals surface area contributed by atoms with Gasteiger partial charge in [0.05, 0.1) is 7.11 Å². The zero-order valence-electron chi connectivity index (χ0n) is 14.8. The maximum absolute atomic E-state index is 12.6. The molecular formula is C21H21NO4. The fraction of sp³-hybridized carbons (Fsp3) is 0.238. The second-order valence-corrected chi connectivity index (χ2v) is 6.09. The van der Waals surface area contributed by atoms with Gasteiger partial charge in [0.2, 0.25) is 5.78 Å². The summed E-state index contributed by atoms with van der Waals surface area (Å²) in [6.45, 7) is 1.61. The minimum Gasteiger partial charge on any atom is -0.497 e. The van der Waals surface area contributed by atoms with Gasteiger partial charge in [-0.15, -0.1) is 0 Å². The van der Waals surface area contributed by atoms with Crippen molar-refractivity contribution < 1.29 is 19.1 Å². The third-order valence-electron chi connectivity index (χ3n) is 4.31. The van der Waals surface area contributed by atoms with E-state index in [1.54, 1.807) is 20.2 Å². The number of methoxy groups -OCH3 is 1. The van der Waals surface area contributed by atoms with Crippen LogP contribution in [-0.4, -0.2) is 30.0 Å². The number of para-hydroxylation sites is 1. The summed E-state index contributed by atoms with van der Waals surface area (Å²) in [5, 5.41) is 0.832. The Labute approximate surface area is 151 Å². The Balaban J connectivity index is 1.57. The molecule has 1 N–H and O–H groups in total. The zero-order valence-corrected chi connectivity index (χ0v) is 14.8. The molecular weight excluding hydrogens is 330 g/mol. The van der Waals surface area contributed by atoms with Crippen molar-refractivity contribution in [2.45, 2.75) is 25.9 Å². The number of fused-ring (bicyclic) bond motifs is 1. The van der Waals surface area contributed by atoms with Crippen molar-refractivity contribution in [3.8, 4) is 5.75 Å². The summed E-state index contributed by atoms with van der Waals surface area (Å²) in [5.74, 6) is 0.177. The summed E-state index contributed by atoms with van der Waals surface area (Å²) in [5.41, 5.74) is 2.43. The van der Waals surface area contributed by atoms with Gasteiger partial charge >= 0.3 is 5.97 Å². The van der Waals surface area contributed by atoms with Gasteiger partial charge in [0.25, 0.3) is 0 Å². The molecule has 0 unspecified atom stereocenters. The zero-order chi connectivity index (χ0) is 18.5. The highest BCUT2D eigenvalue weighted by Crippen LogP contribution is 2.20. The van der Waals surface area contributed by atoms with E-state index in [0.29, 0.717) is 12.0 Å². The van der Waals surface area contributed by atoms with Gasteiger partial charge in [0, 0.05) is 29.1 Å². The Hall–Kier alpha value is -3.08. The van der Waals surface area contributed by atoms with E-state index in [0.717, 1.165) is 22.2 Å². The minimum atomic E-state index is -0.822. The molecule has 3 rings (SSSR count). The van der Waals surface area contributed by atoms with Gasteiger partial charge < -0.3 is 14.5 Å². The minimum absolute atomic E-state index is 0.208. The lowest BCUT2D eigenvalue weighted by Crippen LogP contribution is -2.24. The molecule has 0 aliphatic carbocycles. The highest BCUT2D eigenvalue weighted by Gasteiger charge is 2.22. The second kappa shape index (κ2) is 7.87. The average Bonchev–Trinajstić information content (AvgIpc) is 3.10. The first kappa shape index (κ1) is 17.7. The van der Waals surface area contributed by atoms with Crippen LogP contribution in [0.25, 0.3) is 10.9 Å². The van der Waals surface area contributed by atoms with E-state index >= 15 is 0 Å². The summed E-state index contributed by atoms with van der Waals surface area (Å²) in [6, 6.07) is 15.1. The van der Waals surface area contributed by atoms with Crippen LogP contribution >= 0.6 is 0 Å². The smallest absolute Gasteiger partial charge is 0.306 e. The number of H-pyrrole nitrogens is 1. The largest absolute Gasteiger partial charge is 0.497 e. The number of benzene rings is 2. The van der Waals surface area contributed by atoms with Crippen LogP contribution in [0.2, 0.25) is 0 Å². The molecule has 2 aromatic carbocycles. The SMILES string of the molecule is COc1ccc(CCC(=O)O[C@@H](C)C(=O)c2c[nH]c3ccccc23)cc1. The maximum Gasteiger partial charge on any atom is 0.306 e. The fourth-order valence-electron chi connectivity index (χ4n) is 2.84. The number of rotatable bonds is 7. The molecule has 1 atom stereocenters. The van der Waals surface area contributed by atoms with Gasteiger partial charge in [-0.25, -0.2) is 0 Å². The molecule has 5 nitrogen and oxygen atoms in total. The molecule has 0 aliphatic heterocycles. The van der Waals surface area contributed by atoms with Crippen molar-refractivity contribution in [3.05, 3.63) is 65.9 Å². The number of carbonyl (C=O) groups is 2. The third kappa shape index (κ3) is 3.94. The van der Waals surface area contributed by atoms with Crippen molar-refractivity contribution in [3.63, 3.8) is 0 Å². The van der Waals surface area contributed by atoms with Gasteiger partial charge in [-0.1, -0.05) is 30.3 Å². The topological polar surface area (TPSA) is 68.4 Å². The molecule has 5 heteroatoms. The molecule has 0 bridgehead atoms. The molecule has 1 aromatic heterocycles. The van der Waals surface area contributed by atoms with Crippen LogP contribution in [0, 0.1) is 0 Å². The predicted octanol–water partition coefficient (Wildman–Crippen LogP) is 3.92. The number of esters is 1. The molecule has 0 fully saturated rings. The fourth-order valence-corrected chi connectivity index (χ4v) is 2.84. The maximum atomic E-state index is 12.6. The molecule has 0 spiro atoms. The second-order valence-electron chi connectivity index (χ2n) is 6.09. The number of carbonyl (C=O) groups excluding carboxylic acids is 2. The van der Waals surface area contributed by atoms with Crippen LogP contribution < -0.4 is 4.74 Å². The van der Waals surface area contributed by atoms with Crippen molar-refractivity contribution in [1.29, 1.82) is 0 Å². The van der Waals surface area contributed by atoms with E-state index in [1.807, 2.05) is 48.5 Å². The first-order chi connectivity index (χ1) is 12.6.